The summed E-state index contributed by atoms with van der Waals surface area (Å²) in [5.74, 6) is 2.31. The van der Waals surface area contributed by atoms with Gasteiger partial charge in [-0.05, 0) is 80.5 Å². The van der Waals surface area contributed by atoms with Crippen LogP contribution >= 0.6 is 0 Å². The number of aliphatic imine (C=N–C) groups is 1. The molecule has 4 bridgehead atoms. The Bertz CT molecular complexity index is 622. The van der Waals surface area contributed by atoms with Crippen LogP contribution in [0.4, 0.5) is 5.69 Å². The number of esters is 1. The van der Waals surface area contributed by atoms with Crippen LogP contribution < -0.4 is 0 Å². The van der Waals surface area contributed by atoms with Crippen molar-refractivity contribution in [2.45, 2.75) is 38.5 Å². The van der Waals surface area contributed by atoms with Crippen molar-refractivity contribution in [3.8, 4) is 0 Å². The van der Waals surface area contributed by atoms with Crippen molar-refractivity contribution in [2.75, 3.05) is 6.61 Å². The first-order valence-corrected chi connectivity index (χ1v) is 8.51. The highest BCUT2D eigenvalue weighted by atomic mass is 16.5. The molecule has 4 saturated carbocycles. The predicted octanol–water partition coefficient (Wildman–Crippen LogP) is 4.03. The molecule has 4 fully saturated rings. The molecule has 4 aliphatic carbocycles. The molecule has 0 heterocycles. The van der Waals surface area contributed by atoms with Gasteiger partial charge in [-0.25, -0.2) is 9.59 Å². The number of ether oxygens (including phenoxy) is 1. The van der Waals surface area contributed by atoms with Crippen molar-refractivity contribution in [1.82, 2.24) is 0 Å². The lowest BCUT2D eigenvalue weighted by Crippen LogP contribution is -2.48. The molecule has 0 radical (unpaired) electrons. The van der Waals surface area contributed by atoms with E-state index in [9.17, 15) is 9.59 Å². The highest BCUT2D eigenvalue weighted by molar-refractivity contribution is 5.89. The van der Waals surface area contributed by atoms with Crippen LogP contribution in [-0.2, 0) is 9.53 Å². The van der Waals surface area contributed by atoms with Gasteiger partial charge in [0.25, 0.3) is 0 Å². The zero-order chi connectivity index (χ0) is 15.9. The zero-order valence-corrected chi connectivity index (χ0v) is 13.2. The lowest BCUT2D eigenvalue weighted by molar-refractivity contribution is -0.0848. The van der Waals surface area contributed by atoms with Gasteiger partial charge in [0.1, 0.15) is 0 Å². The van der Waals surface area contributed by atoms with Gasteiger partial charge in [0.15, 0.2) is 0 Å². The predicted molar refractivity (Wildman–Crippen MR) is 85.1 cm³/mol. The summed E-state index contributed by atoms with van der Waals surface area (Å²) >= 11 is 0. The molecule has 0 amide bonds. The summed E-state index contributed by atoms with van der Waals surface area (Å²) in [5, 5.41) is 0. The van der Waals surface area contributed by atoms with Gasteiger partial charge < -0.3 is 4.74 Å². The molecule has 0 aliphatic heterocycles. The normalized spacial score (nSPS) is 34.0. The standard InChI is InChI=1S/C19H21NO3/c21-12-20-17-3-1-16(2-4-17)18(22)23-11-19-8-13-5-14(9-19)7-15(6-13)10-19/h1-4,13-15H,5-11H2. The van der Waals surface area contributed by atoms with E-state index >= 15 is 0 Å². The second-order valence-electron chi connectivity index (χ2n) is 7.74. The van der Waals surface area contributed by atoms with Crippen LogP contribution in [0.1, 0.15) is 48.9 Å². The molecule has 4 heteroatoms. The van der Waals surface area contributed by atoms with Crippen LogP contribution in [0, 0.1) is 23.2 Å². The smallest absolute Gasteiger partial charge is 0.338 e. The molecule has 4 aliphatic rings. The number of hydrogen-bond donors (Lipinski definition) is 0. The molecule has 120 valence electrons. The van der Waals surface area contributed by atoms with E-state index < -0.39 is 0 Å². The van der Waals surface area contributed by atoms with E-state index in [2.05, 4.69) is 4.99 Å². The van der Waals surface area contributed by atoms with Gasteiger partial charge in [0, 0.05) is 5.41 Å². The van der Waals surface area contributed by atoms with E-state index in [0.29, 0.717) is 17.9 Å². The number of hydrogen-bond acceptors (Lipinski definition) is 4. The Hall–Kier alpha value is -1.93. The zero-order valence-electron chi connectivity index (χ0n) is 13.2. The Balaban J connectivity index is 1.40. The molecule has 0 aromatic heterocycles. The molecule has 1 aromatic rings. The minimum Gasteiger partial charge on any atom is -0.462 e. The minimum atomic E-state index is -0.276. The van der Waals surface area contributed by atoms with Gasteiger partial charge in [-0.1, -0.05) is 0 Å². The first-order chi connectivity index (χ1) is 11.2. The number of isocyanates is 1. The van der Waals surface area contributed by atoms with Crippen LogP contribution in [-0.4, -0.2) is 18.7 Å². The third kappa shape index (κ3) is 2.84. The molecule has 0 spiro atoms. The molecule has 0 atom stereocenters. The van der Waals surface area contributed by atoms with Gasteiger partial charge in [-0.3, -0.25) is 0 Å². The van der Waals surface area contributed by atoms with E-state index in [0.717, 1.165) is 17.8 Å². The first-order valence-electron chi connectivity index (χ1n) is 8.51. The summed E-state index contributed by atoms with van der Waals surface area (Å²) in [6, 6.07) is 6.56. The third-order valence-corrected chi connectivity index (χ3v) is 5.95. The minimum absolute atomic E-state index is 0.242. The second-order valence-corrected chi connectivity index (χ2v) is 7.74. The maximum Gasteiger partial charge on any atom is 0.338 e. The van der Waals surface area contributed by atoms with Crippen molar-refractivity contribution in [2.24, 2.45) is 28.2 Å². The molecule has 0 N–H and O–H groups in total. The highest BCUT2D eigenvalue weighted by Crippen LogP contribution is 2.60. The fraction of sp³-hybridized carbons (Fsp3) is 0.579. The summed E-state index contributed by atoms with van der Waals surface area (Å²) in [7, 11) is 0. The van der Waals surface area contributed by atoms with Gasteiger partial charge in [-0.2, -0.15) is 4.99 Å². The number of rotatable bonds is 4. The number of carbonyl (C=O) groups is 1. The Labute approximate surface area is 135 Å². The SMILES string of the molecule is O=C=Nc1ccc(C(=O)OCC23CC4CC(CC(C4)C2)C3)cc1. The molecule has 1 aromatic carbocycles. The number of carbonyl (C=O) groups excluding carboxylic acids is 2. The molecular formula is C19H21NO3. The first kappa shape index (κ1) is 14.6. The molecule has 0 unspecified atom stereocenters. The monoisotopic (exact) mass is 311 g/mol. The van der Waals surface area contributed by atoms with E-state index in [1.165, 1.54) is 44.6 Å². The Morgan fingerprint density at radius 1 is 1.09 bits per heavy atom. The maximum atomic E-state index is 12.3. The summed E-state index contributed by atoms with van der Waals surface area (Å²) in [6.07, 6.45) is 9.38. The lowest BCUT2D eigenvalue weighted by atomic mass is 9.50. The van der Waals surface area contributed by atoms with Crippen LogP contribution in [0.3, 0.4) is 0 Å². The van der Waals surface area contributed by atoms with E-state index in [1.54, 1.807) is 24.3 Å². The molecule has 23 heavy (non-hydrogen) atoms. The van der Waals surface area contributed by atoms with Crippen molar-refractivity contribution in [3.05, 3.63) is 29.8 Å². The Morgan fingerprint density at radius 2 is 1.65 bits per heavy atom. The van der Waals surface area contributed by atoms with Crippen molar-refractivity contribution in [1.29, 1.82) is 0 Å². The number of nitrogens with zero attached hydrogens (tertiary/aromatic N) is 1. The van der Waals surface area contributed by atoms with Crippen LogP contribution in [0.5, 0.6) is 0 Å². The Morgan fingerprint density at radius 3 is 2.17 bits per heavy atom. The molecule has 4 nitrogen and oxygen atoms in total. The third-order valence-electron chi connectivity index (χ3n) is 5.95. The summed E-state index contributed by atoms with van der Waals surface area (Å²) in [6.45, 7) is 0.559. The maximum absolute atomic E-state index is 12.3. The average molecular weight is 311 g/mol. The fourth-order valence-corrected chi connectivity index (χ4v) is 5.49. The molecule has 5 rings (SSSR count). The van der Waals surface area contributed by atoms with Crippen molar-refractivity contribution < 1.29 is 14.3 Å². The molecule has 0 saturated heterocycles. The van der Waals surface area contributed by atoms with Gasteiger partial charge >= 0.3 is 5.97 Å². The van der Waals surface area contributed by atoms with Crippen LogP contribution in [0.15, 0.2) is 29.3 Å². The van der Waals surface area contributed by atoms with Gasteiger partial charge in [0.2, 0.25) is 6.08 Å². The van der Waals surface area contributed by atoms with Crippen LogP contribution in [0.2, 0.25) is 0 Å². The van der Waals surface area contributed by atoms with Gasteiger partial charge in [-0.15, -0.1) is 0 Å². The average Bonchev–Trinajstić information content (AvgIpc) is 2.52. The summed E-state index contributed by atoms with van der Waals surface area (Å²) in [5.41, 5.74) is 1.25. The summed E-state index contributed by atoms with van der Waals surface area (Å²) in [4.78, 5) is 26.0. The second kappa shape index (κ2) is 5.61. The van der Waals surface area contributed by atoms with Crippen molar-refractivity contribution >= 4 is 17.7 Å². The van der Waals surface area contributed by atoms with Gasteiger partial charge in [0.05, 0.1) is 17.9 Å². The summed E-state index contributed by atoms with van der Waals surface area (Å²) < 4.78 is 5.67. The quantitative estimate of drug-likeness (QED) is 0.479. The van der Waals surface area contributed by atoms with Crippen LogP contribution in [0.25, 0.3) is 0 Å². The number of benzene rings is 1. The van der Waals surface area contributed by atoms with Crippen molar-refractivity contribution in [3.63, 3.8) is 0 Å². The molecular weight excluding hydrogens is 290 g/mol. The van der Waals surface area contributed by atoms with E-state index in [1.807, 2.05) is 0 Å². The topological polar surface area (TPSA) is 55.7 Å². The Kier molecular flexibility index (Phi) is 3.57. The largest absolute Gasteiger partial charge is 0.462 e. The fourth-order valence-electron chi connectivity index (χ4n) is 5.49. The van der Waals surface area contributed by atoms with E-state index in [4.69, 9.17) is 4.74 Å². The van der Waals surface area contributed by atoms with E-state index in [-0.39, 0.29) is 11.4 Å². The highest BCUT2D eigenvalue weighted by Gasteiger charge is 2.51. The lowest BCUT2D eigenvalue weighted by Gasteiger charge is -2.56.